The number of hydrogen-bond donors (Lipinski definition) is 0. The van der Waals surface area contributed by atoms with Gasteiger partial charge in [-0.2, -0.15) is 0 Å². The van der Waals surface area contributed by atoms with Gasteiger partial charge in [-0.05, 0) is 35.3 Å². The fourth-order valence-corrected chi connectivity index (χ4v) is 4.85. The molecule has 0 bridgehead atoms. The lowest BCUT2D eigenvalue weighted by atomic mass is 9.48. The Morgan fingerprint density at radius 3 is 1.71 bits per heavy atom. The second kappa shape index (κ2) is 5.33. The van der Waals surface area contributed by atoms with E-state index in [4.69, 9.17) is 0 Å². The average molecular weight is 278 g/mol. The normalized spacial score (nSPS) is 23.7. The Hall–Kier alpha value is -1.56. The van der Waals surface area contributed by atoms with Crippen LogP contribution in [0.1, 0.15) is 51.2 Å². The lowest BCUT2D eigenvalue weighted by molar-refractivity contribution is 0.0743. The molecule has 1 unspecified atom stereocenters. The molecule has 3 rings (SSSR count). The largest absolute Gasteiger partial charge is 0.0622 e. The highest BCUT2D eigenvalue weighted by Crippen LogP contribution is 2.58. The van der Waals surface area contributed by atoms with Gasteiger partial charge in [0.15, 0.2) is 0 Å². The maximum Gasteiger partial charge on any atom is 0.0279 e. The van der Waals surface area contributed by atoms with E-state index in [9.17, 15) is 0 Å². The summed E-state index contributed by atoms with van der Waals surface area (Å²) in [5.41, 5.74) is 3.35. The molecule has 1 aliphatic carbocycles. The first kappa shape index (κ1) is 14.4. The molecule has 2 aromatic carbocycles. The monoisotopic (exact) mass is 278 g/mol. The van der Waals surface area contributed by atoms with Crippen LogP contribution in [0.2, 0.25) is 0 Å². The molecule has 2 aromatic rings. The molecule has 0 heteroatoms. The van der Waals surface area contributed by atoms with Crippen molar-refractivity contribution in [3.8, 4) is 0 Å². The molecule has 0 N–H and O–H groups in total. The Balaban J connectivity index is 2.29. The SMILES string of the molecule is CC1CCCC(C)(C)C1(c1ccccc1)c1ccccc1. The van der Waals surface area contributed by atoms with E-state index in [1.54, 1.807) is 0 Å². The van der Waals surface area contributed by atoms with Crippen molar-refractivity contribution in [1.29, 1.82) is 0 Å². The second-order valence-electron chi connectivity index (χ2n) is 7.22. The van der Waals surface area contributed by atoms with Crippen molar-refractivity contribution in [2.24, 2.45) is 11.3 Å². The van der Waals surface area contributed by atoms with Crippen LogP contribution in [0.25, 0.3) is 0 Å². The van der Waals surface area contributed by atoms with Crippen LogP contribution in [-0.4, -0.2) is 0 Å². The molecule has 1 saturated carbocycles. The summed E-state index contributed by atoms with van der Waals surface area (Å²) in [5, 5.41) is 0. The van der Waals surface area contributed by atoms with Gasteiger partial charge in [0, 0.05) is 5.41 Å². The minimum atomic E-state index is 0.119. The molecule has 0 amide bonds. The number of benzene rings is 2. The lowest BCUT2D eigenvalue weighted by Crippen LogP contribution is -2.50. The fourth-order valence-electron chi connectivity index (χ4n) is 4.85. The Bertz CT molecular complexity index is 540. The van der Waals surface area contributed by atoms with Crippen LogP contribution >= 0.6 is 0 Å². The molecule has 0 aliphatic heterocycles. The maximum atomic E-state index is 2.46. The lowest BCUT2D eigenvalue weighted by Gasteiger charge is -2.55. The van der Waals surface area contributed by atoms with Crippen molar-refractivity contribution in [3.63, 3.8) is 0 Å². The van der Waals surface area contributed by atoms with Crippen molar-refractivity contribution in [2.75, 3.05) is 0 Å². The van der Waals surface area contributed by atoms with Crippen molar-refractivity contribution < 1.29 is 0 Å². The van der Waals surface area contributed by atoms with Crippen LogP contribution in [0.3, 0.4) is 0 Å². The highest BCUT2D eigenvalue weighted by atomic mass is 14.6. The third-order valence-corrected chi connectivity index (χ3v) is 5.70. The van der Waals surface area contributed by atoms with Gasteiger partial charge in [-0.15, -0.1) is 0 Å². The van der Waals surface area contributed by atoms with E-state index >= 15 is 0 Å². The highest BCUT2D eigenvalue weighted by molar-refractivity contribution is 5.43. The van der Waals surface area contributed by atoms with Gasteiger partial charge in [-0.1, -0.05) is 87.9 Å². The van der Waals surface area contributed by atoms with Gasteiger partial charge in [-0.25, -0.2) is 0 Å². The van der Waals surface area contributed by atoms with Crippen molar-refractivity contribution in [1.82, 2.24) is 0 Å². The van der Waals surface area contributed by atoms with Crippen molar-refractivity contribution >= 4 is 0 Å². The average Bonchev–Trinajstić information content (AvgIpc) is 2.49. The molecular weight excluding hydrogens is 252 g/mol. The quantitative estimate of drug-likeness (QED) is 0.649. The molecule has 0 nitrogen and oxygen atoms in total. The van der Waals surface area contributed by atoms with Crippen LogP contribution in [0.15, 0.2) is 60.7 Å². The summed E-state index contributed by atoms with van der Waals surface area (Å²) >= 11 is 0. The van der Waals surface area contributed by atoms with Gasteiger partial charge in [0.2, 0.25) is 0 Å². The summed E-state index contributed by atoms with van der Waals surface area (Å²) in [6, 6.07) is 22.3. The second-order valence-corrected chi connectivity index (χ2v) is 7.22. The summed E-state index contributed by atoms with van der Waals surface area (Å²) in [5.74, 6) is 0.658. The van der Waals surface area contributed by atoms with Crippen LogP contribution in [0.5, 0.6) is 0 Å². The molecule has 0 heterocycles. The predicted octanol–water partition coefficient (Wildman–Crippen LogP) is 5.82. The molecule has 21 heavy (non-hydrogen) atoms. The Labute approximate surface area is 129 Å². The van der Waals surface area contributed by atoms with Gasteiger partial charge in [0.05, 0.1) is 0 Å². The summed E-state index contributed by atoms with van der Waals surface area (Å²) in [6.45, 7) is 7.37. The summed E-state index contributed by atoms with van der Waals surface area (Å²) in [4.78, 5) is 0. The van der Waals surface area contributed by atoms with E-state index in [1.807, 2.05) is 0 Å². The zero-order valence-electron chi connectivity index (χ0n) is 13.5. The third-order valence-electron chi connectivity index (χ3n) is 5.70. The summed E-state index contributed by atoms with van der Waals surface area (Å²) in [7, 11) is 0. The Morgan fingerprint density at radius 1 is 0.810 bits per heavy atom. The van der Waals surface area contributed by atoms with E-state index < -0.39 is 0 Å². The molecule has 0 saturated heterocycles. The molecular formula is C21H26. The topological polar surface area (TPSA) is 0 Å². The van der Waals surface area contributed by atoms with E-state index in [1.165, 1.54) is 30.4 Å². The minimum Gasteiger partial charge on any atom is -0.0622 e. The molecule has 1 aliphatic rings. The first-order valence-electron chi connectivity index (χ1n) is 8.20. The first-order chi connectivity index (χ1) is 10.1. The van der Waals surface area contributed by atoms with Crippen LogP contribution in [0, 0.1) is 11.3 Å². The van der Waals surface area contributed by atoms with Gasteiger partial charge in [0.1, 0.15) is 0 Å². The van der Waals surface area contributed by atoms with Crippen molar-refractivity contribution in [3.05, 3.63) is 71.8 Å². The number of hydrogen-bond acceptors (Lipinski definition) is 0. The van der Waals surface area contributed by atoms with E-state index in [-0.39, 0.29) is 10.8 Å². The molecule has 110 valence electrons. The summed E-state index contributed by atoms with van der Waals surface area (Å²) < 4.78 is 0. The van der Waals surface area contributed by atoms with Gasteiger partial charge in [0.25, 0.3) is 0 Å². The zero-order chi connectivity index (χ0) is 14.9. The predicted molar refractivity (Wildman–Crippen MR) is 90.5 cm³/mol. The van der Waals surface area contributed by atoms with Crippen LogP contribution < -0.4 is 0 Å². The van der Waals surface area contributed by atoms with Gasteiger partial charge >= 0.3 is 0 Å². The van der Waals surface area contributed by atoms with E-state index in [0.29, 0.717) is 5.92 Å². The molecule has 0 aromatic heterocycles. The zero-order valence-corrected chi connectivity index (χ0v) is 13.5. The van der Waals surface area contributed by atoms with Gasteiger partial charge < -0.3 is 0 Å². The number of rotatable bonds is 2. The molecule has 0 radical (unpaired) electrons. The molecule has 1 fully saturated rings. The smallest absolute Gasteiger partial charge is 0.0279 e. The molecule has 1 atom stereocenters. The third kappa shape index (κ3) is 2.12. The first-order valence-corrected chi connectivity index (χ1v) is 8.20. The fraction of sp³-hybridized carbons (Fsp3) is 0.429. The van der Waals surface area contributed by atoms with Crippen molar-refractivity contribution in [2.45, 2.75) is 45.4 Å². The summed E-state index contributed by atoms with van der Waals surface area (Å²) in [6.07, 6.45) is 3.95. The standard InChI is InChI=1S/C21H26/c1-17-11-10-16-20(2,3)21(17,18-12-6-4-7-13-18)19-14-8-5-9-15-19/h4-9,12-15,17H,10-11,16H2,1-3H3. The minimum absolute atomic E-state index is 0.119. The van der Waals surface area contributed by atoms with E-state index in [2.05, 4.69) is 81.4 Å². The maximum absolute atomic E-state index is 2.46. The van der Waals surface area contributed by atoms with Gasteiger partial charge in [-0.3, -0.25) is 0 Å². The Kier molecular flexibility index (Phi) is 3.65. The molecule has 0 spiro atoms. The van der Waals surface area contributed by atoms with E-state index in [0.717, 1.165) is 0 Å². The highest BCUT2D eigenvalue weighted by Gasteiger charge is 2.52. The van der Waals surface area contributed by atoms with Crippen LogP contribution in [-0.2, 0) is 5.41 Å². The van der Waals surface area contributed by atoms with Crippen LogP contribution in [0.4, 0.5) is 0 Å². The Morgan fingerprint density at radius 2 is 1.29 bits per heavy atom.